The second kappa shape index (κ2) is 11.6. The molecule has 3 aromatic rings. The van der Waals surface area contributed by atoms with E-state index in [0.717, 1.165) is 40.8 Å². The van der Waals surface area contributed by atoms with Gasteiger partial charge < -0.3 is 19.9 Å². The smallest absolute Gasteiger partial charge is 0.335 e. The van der Waals surface area contributed by atoms with E-state index in [0.29, 0.717) is 12.1 Å². The Morgan fingerprint density at radius 1 is 1.20 bits per heavy atom. The molecule has 0 fully saturated rings. The van der Waals surface area contributed by atoms with Gasteiger partial charge in [0, 0.05) is 17.5 Å². The molecular formula is C28H31ClFNO4. The van der Waals surface area contributed by atoms with Gasteiger partial charge >= 0.3 is 5.97 Å². The van der Waals surface area contributed by atoms with Crippen LogP contribution in [0.3, 0.4) is 0 Å². The highest BCUT2D eigenvalue weighted by Crippen LogP contribution is 2.41. The molecule has 7 heteroatoms. The average Bonchev–Trinajstić information content (AvgIpc) is 2.84. The number of aryl methyl sites for hydroxylation is 1. The van der Waals surface area contributed by atoms with Gasteiger partial charge in [0.15, 0.2) is 11.6 Å². The number of rotatable bonds is 8. The zero-order chi connectivity index (χ0) is 24.2. The largest absolute Gasteiger partial charge is 0.494 e. The summed E-state index contributed by atoms with van der Waals surface area (Å²) in [5.74, 6) is -0.141. The summed E-state index contributed by atoms with van der Waals surface area (Å²) in [6.07, 6.45) is 1.53. The van der Waals surface area contributed by atoms with Crippen LogP contribution in [-0.4, -0.2) is 30.8 Å². The third-order valence-corrected chi connectivity index (χ3v) is 6.57. The van der Waals surface area contributed by atoms with Crippen molar-refractivity contribution in [3.8, 4) is 11.5 Å². The minimum Gasteiger partial charge on any atom is -0.494 e. The minimum absolute atomic E-state index is 0. The van der Waals surface area contributed by atoms with Crippen LogP contribution in [0.2, 0.25) is 0 Å². The molecule has 0 radical (unpaired) electrons. The summed E-state index contributed by atoms with van der Waals surface area (Å²) in [5, 5.41) is 13.1. The number of aromatic carboxylic acids is 1. The first-order chi connectivity index (χ1) is 16.4. The van der Waals surface area contributed by atoms with Crippen molar-refractivity contribution in [2.75, 3.05) is 13.7 Å². The van der Waals surface area contributed by atoms with Gasteiger partial charge in [-0.25, -0.2) is 9.18 Å². The summed E-state index contributed by atoms with van der Waals surface area (Å²) in [7, 11) is 1.46. The second-order valence-electron chi connectivity index (χ2n) is 8.80. The Balaban J connectivity index is 0.00000342. The molecule has 0 spiro atoms. The zero-order valence-electron chi connectivity index (χ0n) is 20.1. The number of halogens is 2. The Morgan fingerprint density at radius 2 is 1.97 bits per heavy atom. The van der Waals surface area contributed by atoms with E-state index in [4.69, 9.17) is 9.47 Å². The van der Waals surface area contributed by atoms with Gasteiger partial charge in [0.25, 0.3) is 0 Å². The topological polar surface area (TPSA) is 67.8 Å². The zero-order valence-corrected chi connectivity index (χ0v) is 20.9. The Labute approximate surface area is 211 Å². The molecule has 3 atom stereocenters. The molecule has 0 aromatic heterocycles. The lowest BCUT2D eigenvalue weighted by Crippen LogP contribution is -2.31. The van der Waals surface area contributed by atoms with E-state index in [1.54, 1.807) is 18.2 Å². The molecule has 1 aliphatic heterocycles. The van der Waals surface area contributed by atoms with Gasteiger partial charge in [0.1, 0.15) is 11.9 Å². The summed E-state index contributed by atoms with van der Waals surface area (Å²) in [6.45, 7) is 4.57. The number of methoxy groups -OCH3 is 1. The Hall–Kier alpha value is -3.09. The molecule has 0 saturated carbocycles. The molecule has 186 valence electrons. The van der Waals surface area contributed by atoms with Crippen LogP contribution in [0.15, 0.2) is 60.7 Å². The number of nitrogens with one attached hydrogen (secondary N) is 1. The fraction of sp³-hybridized carbons (Fsp3) is 0.321. The molecule has 5 nitrogen and oxygen atoms in total. The molecule has 0 unspecified atom stereocenters. The highest BCUT2D eigenvalue weighted by molar-refractivity contribution is 5.89. The summed E-state index contributed by atoms with van der Waals surface area (Å²) in [6, 6.07) is 18.6. The number of ether oxygens (including phenoxy) is 2. The van der Waals surface area contributed by atoms with E-state index in [1.807, 2.05) is 44.2 Å². The lowest BCUT2D eigenvalue weighted by atomic mass is 9.82. The number of para-hydroxylation sites is 1. The van der Waals surface area contributed by atoms with Gasteiger partial charge in [-0.15, -0.1) is 12.4 Å². The van der Waals surface area contributed by atoms with Crippen molar-refractivity contribution in [1.29, 1.82) is 0 Å². The van der Waals surface area contributed by atoms with Crippen molar-refractivity contribution in [1.82, 2.24) is 5.32 Å². The summed E-state index contributed by atoms with van der Waals surface area (Å²) in [5.41, 5.74) is 4.11. The maximum atomic E-state index is 13.7. The molecule has 0 aliphatic carbocycles. The summed E-state index contributed by atoms with van der Waals surface area (Å²) < 4.78 is 25.1. The number of fused-ring (bicyclic) bond motifs is 1. The number of carboxylic acid groups (broad SMARTS) is 1. The Morgan fingerprint density at radius 3 is 2.71 bits per heavy atom. The average molecular weight is 500 g/mol. The van der Waals surface area contributed by atoms with Gasteiger partial charge in [-0.1, -0.05) is 36.4 Å². The van der Waals surface area contributed by atoms with Crippen molar-refractivity contribution < 1.29 is 23.8 Å². The van der Waals surface area contributed by atoms with E-state index in [9.17, 15) is 14.3 Å². The Kier molecular flexibility index (Phi) is 8.76. The van der Waals surface area contributed by atoms with Gasteiger partial charge in [-0.05, 0) is 74.2 Å². The van der Waals surface area contributed by atoms with Crippen LogP contribution in [0, 0.1) is 12.7 Å². The first-order valence-corrected chi connectivity index (χ1v) is 11.5. The summed E-state index contributed by atoms with van der Waals surface area (Å²) in [4.78, 5) is 11.7. The molecule has 0 amide bonds. The molecule has 35 heavy (non-hydrogen) atoms. The molecule has 4 rings (SSSR count). The third-order valence-electron chi connectivity index (χ3n) is 6.57. The molecule has 0 bridgehead atoms. The van der Waals surface area contributed by atoms with Crippen LogP contribution in [-0.2, 0) is 0 Å². The van der Waals surface area contributed by atoms with Crippen molar-refractivity contribution in [2.45, 2.75) is 44.8 Å². The fourth-order valence-corrected chi connectivity index (χ4v) is 4.60. The first-order valence-electron chi connectivity index (χ1n) is 11.5. The predicted molar refractivity (Wildman–Crippen MR) is 137 cm³/mol. The number of hydrogen-bond acceptors (Lipinski definition) is 4. The van der Waals surface area contributed by atoms with Crippen LogP contribution >= 0.6 is 12.4 Å². The van der Waals surface area contributed by atoms with Crippen molar-refractivity contribution in [3.05, 3.63) is 94.3 Å². The number of carbonyl (C=O) groups is 1. The molecular weight excluding hydrogens is 469 g/mol. The van der Waals surface area contributed by atoms with E-state index in [1.165, 1.54) is 13.2 Å². The van der Waals surface area contributed by atoms with Gasteiger partial charge in [0.2, 0.25) is 0 Å². The maximum absolute atomic E-state index is 13.7. The second-order valence-corrected chi connectivity index (χ2v) is 8.80. The fourth-order valence-electron chi connectivity index (χ4n) is 4.60. The number of benzene rings is 3. The van der Waals surface area contributed by atoms with E-state index >= 15 is 0 Å². The van der Waals surface area contributed by atoms with Crippen LogP contribution in [0.1, 0.15) is 64.3 Å². The highest BCUT2D eigenvalue weighted by Gasteiger charge is 2.29. The highest BCUT2D eigenvalue weighted by atomic mass is 35.5. The Bertz CT molecular complexity index is 1190. The van der Waals surface area contributed by atoms with Crippen molar-refractivity contribution >= 4 is 18.4 Å². The van der Waals surface area contributed by atoms with Crippen LogP contribution < -0.4 is 14.8 Å². The lowest BCUT2D eigenvalue weighted by molar-refractivity contribution is 0.0696. The standard InChI is InChI=1S/C28H30FNO4.ClH/c1-17-8-9-20(14-23(17)28(31)32)24-16-21(34-26-7-5-4-6-22(24)26)12-13-30-18(2)19-10-11-25(29)27(15-19)33-3;/h4-11,14-15,18,21,24,30H,12-13,16H2,1-3H3,(H,31,32);1H/t18-,21-,24-;/m1./s1. The van der Waals surface area contributed by atoms with Crippen LogP contribution in [0.25, 0.3) is 0 Å². The molecule has 3 aromatic carbocycles. The van der Waals surface area contributed by atoms with E-state index in [2.05, 4.69) is 11.4 Å². The third kappa shape index (κ3) is 5.95. The van der Waals surface area contributed by atoms with Gasteiger partial charge in [-0.2, -0.15) is 0 Å². The molecule has 1 aliphatic rings. The molecule has 2 N–H and O–H groups in total. The number of carboxylic acids is 1. The van der Waals surface area contributed by atoms with Crippen molar-refractivity contribution in [3.63, 3.8) is 0 Å². The SMILES string of the molecule is COc1cc([C@@H](C)NCC[C@@H]2C[C@H](c3ccc(C)c(C(=O)O)c3)c3ccccc3O2)ccc1F.Cl. The van der Waals surface area contributed by atoms with Gasteiger partial charge in [0.05, 0.1) is 12.7 Å². The summed E-state index contributed by atoms with van der Waals surface area (Å²) >= 11 is 0. The number of hydrogen-bond donors (Lipinski definition) is 2. The van der Waals surface area contributed by atoms with E-state index < -0.39 is 5.97 Å². The monoisotopic (exact) mass is 499 g/mol. The molecule has 1 heterocycles. The minimum atomic E-state index is -0.910. The molecule has 0 saturated heterocycles. The van der Waals surface area contributed by atoms with Crippen LogP contribution in [0.5, 0.6) is 11.5 Å². The first kappa shape index (κ1) is 26.5. The lowest BCUT2D eigenvalue weighted by Gasteiger charge is -2.33. The van der Waals surface area contributed by atoms with Crippen molar-refractivity contribution in [2.24, 2.45) is 0 Å². The van der Waals surface area contributed by atoms with Crippen LogP contribution in [0.4, 0.5) is 4.39 Å². The van der Waals surface area contributed by atoms with E-state index in [-0.39, 0.29) is 42.0 Å². The normalized spacial score (nSPS) is 17.5. The maximum Gasteiger partial charge on any atom is 0.335 e. The van der Waals surface area contributed by atoms with Gasteiger partial charge in [-0.3, -0.25) is 0 Å². The predicted octanol–water partition coefficient (Wildman–Crippen LogP) is 6.29. The quantitative estimate of drug-likeness (QED) is 0.381.